The maximum absolute atomic E-state index is 9.80. The summed E-state index contributed by atoms with van der Waals surface area (Å²) in [6, 6.07) is 0. The zero-order chi connectivity index (χ0) is 30.0. The number of hydrogen-bond donors (Lipinski definition) is 1. The molecular weight excluding hydrogens is 525 g/mol. The highest BCUT2D eigenvalue weighted by atomic mass is 28.4. The van der Waals surface area contributed by atoms with E-state index in [0.717, 1.165) is 17.6 Å². The van der Waals surface area contributed by atoms with E-state index in [1.54, 1.807) is 0 Å². The van der Waals surface area contributed by atoms with Gasteiger partial charge in [-0.3, -0.25) is 0 Å². The second-order valence-electron chi connectivity index (χ2n) is 15.7. The molecule has 38 heavy (non-hydrogen) atoms. The molecule has 1 N–H and O–H groups in total. The molecule has 0 saturated heterocycles. The molecule has 1 rings (SSSR count). The predicted molar refractivity (Wildman–Crippen MR) is 171 cm³/mol. The van der Waals surface area contributed by atoms with Crippen LogP contribution in [0.2, 0.25) is 54.4 Å². The maximum atomic E-state index is 9.80. The minimum absolute atomic E-state index is 0.0235. The summed E-state index contributed by atoms with van der Waals surface area (Å²) in [5.74, 6) is 0. The summed E-state index contributed by atoms with van der Waals surface area (Å²) in [5.41, 5.74) is 1.95. The van der Waals surface area contributed by atoms with E-state index in [9.17, 15) is 5.11 Å². The first-order valence-corrected chi connectivity index (χ1v) is 23.2. The van der Waals surface area contributed by atoms with E-state index in [-0.39, 0.29) is 40.0 Å². The lowest BCUT2D eigenvalue weighted by atomic mass is 9.84. The minimum atomic E-state index is -2.15. The second-order valence-corrected chi connectivity index (χ2v) is 30.0. The highest BCUT2D eigenvalue weighted by molar-refractivity contribution is 6.75. The Morgan fingerprint density at radius 1 is 0.789 bits per heavy atom. The van der Waals surface area contributed by atoms with Gasteiger partial charge in [-0.25, -0.2) is 0 Å². The fourth-order valence-electron chi connectivity index (χ4n) is 3.68. The Kier molecular flexibility index (Phi) is 12.2. The van der Waals surface area contributed by atoms with Gasteiger partial charge in [-0.2, -0.15) is 0 Å². The Morgan fingerprint density at radius 3 is 1.71 bits per heavy atom. The number of hydrogen-bond acceptors (Lipinski definition) is 5. The lowest BCUT2D eigenvalue weighted by Crippen LogP contribution is -2.57. The molecule has 0 radical (unpaired) electrons. The van der Waals surface area contributed by atoms with Gasteiger partial charge >= 0.3 is 0 Å². The molecule has 1 aliphatic rings. The average Bonchev–Trinajstić information content (AvgIpc) is 2.70. The van der Waals surface area contributed by atoms with Crippen molar-refractivity contribution in [3.63, 3.8) is 0 Å². The molecule has 0 aromatic carbocycles. The van der Waals surface area contributed by atoms with Crippen LogP contribution in [0.4, 0.5) is 0 Å². The minimum Gasteiger partial charge on any atom is -0.417 e. The van der Waals surface area contributed by atoms with E-state index >= 15 is 0 Å². The number of aliphatic hydroxyl groups is 1. The Hall–Kier alpha value is -0.0694. The smallest absolute Gasteiger partial charge is 0.193 e. The van der Waals surface area contributed by atoms with Crippen molar-refractivity contribution in [1.29, 1.82) is 0 Å². The van der Waals surface area contributed by atoms with Gasteiger partial charge < -0.3 is 23.1 Å². The van der Waals surface area contributed by atoms with Crippen LogP contribution in [-0.4, -0.2) is 68.2 Å². The monoisotopic (exact) mass is 586 g/mol. The quantitative estimate of drug-likeness (QED) is 0.194. The SMILES string of the molecule is C=C1/C(=C\CO)C[C@H](O[Si](C)(C)C(C)(C)C)[C@@H](OCCCO[Si](C)(C)C(C)(C)C)[C@H]1O[Si](C)(C)C(C)(C)C. The summed E-state index contributed by atoms with van der Waals surface area (Å²) in [5, 5.41) is 10.1. The molecule has 0 heterocycles. The first-order chi connectivity index (χ1) is 16.9. The third kappa shape index (κ3) is 9.23. The van der Waals surface area contributed by atoms with E-state index < -0.39 is 25.0 Å². The van der Waals surface area contributed by atoms with E-state index in [1.807, 2.05) is 6.08 Å². The summed E-state index contributed by atoms with van der Waals surface area (Å²) < 4.78 is 27.2. The van der Waals surface area contributed by atoms with Crippen LogP contribution in [-0.2, 0) is 18.0 Å². The molecule has 3 atom stereocenters. The second kappa shape index (κ2) is 12.8. The summed E-state index contributed by atoms with van der Waals surface area (Å²) >= 11 is 0. The van der Waals surface area contributed by atoms with Gasteiger partial charge in [0.2, 0.25) is 0 Å². The summed E-state index contributed by atoms with van der Waals surface area (Å²) in [6.07, 6.45) is 2.65. The summed E-state index contributed by atoms with van der Waals surface area (Å²) in [4.78, 5) is 0. The first kappa shape index (κ1) is 36.0. The highest BCUT2D eigenvalue weighted by Crippen LogP contribution is 2.45. The van der Waals surface area contributed by atoms with Crippen LogP contribution in [0.15, 0.2) is 23.8 Å². The molecule has 224 valence electrons. The normalized spacial score (nSPS) is 23.8. The van der Waals surface area contributed by atoms with Crippen LogP contribution in [0.25, 0.3) is 0 Å². The van der Waals surface area contributed by atoms with Crippen LogP contribution in [0.3, 0.4) is 0 Å². The van der Waals surface area contributed by atoms with Crippen LogP contribution < -0.4 is 0 Å². The molecule has 1 fully saturated rings. The Morgan fingerprint density at radius 2 is 1.26 bits per heavy atom. The van der Waals surface area contributed by atoms with Crippen molar-refractivity contribution in [2.75, 3.05) is 19.8 Å². The molecule has 0 aromatic rings. The van der Waals surface area contributed by atoms with Crippen molar-refractivity contribution in [1.82, 2.24) is 0 Å². The third-order valence-electron chi connectivity index (χ3n) is 9.53. The average molecular weight is 587 g/mol. The number of ether oxygens (including phenoxy) is 1. The molecule has 0 aromatic heterocycles. The molecule has 0 bridgehead atoms. The van der Waals surface area contributed by atoms with Crippen molar-refractivity contribution >= 4 is 25.0 Å². The third-order valence-corrected chi connectivity index (χ3v) is 23.0. The van der Waals surface area contributed by atoms with Gasteiger partial charge in [0.15, 0.2) is 25.0 Å². The van der Waals surface area contributed by atoms with Gasteiger partial charge in [-0.15, -0.1) is 0 Å². The zero-order valence-corrected chi connectivity index (χ0v) is 30.6. The first-order valence-electron chi connectivity index (χ1n) is 14.5. The Labute approximate surface area is 239 Å². The van der Waals surface area contributed by atoms with Crippen molar-refractivity contribution in [2.24, 2.45) is 0 Å². The summed E-state index contributed by atoms with van der Waals surface area (Å²) in [7, 11) is -6.04. The van der Waals surface area contributed by atoms with Gasteiger partial charge in [-0.1, -0.05) is 75.0 Å². The zero-order valence-electron chi connectivity index (χ0n) is 27.6. The van der Waals surface area contributed by atoms with Gasteiger partial charge in [0, 0.05) is 19.6 Å². The fourth-order valence-corrected chi connectivity index (χ4v) is 7.36. The van der Waals surface area contributed by atoms with E-state index in [1.165, 1.54) is 0 Å². The highest BCUT2D eigenvalue weighted by Gasteiger charge is 2.49. The van der Waals surface area contributed by atoms with Crippen molar-refractivity contribution in [2.45, 2.75) is 148 Å². The van der Waals surface area contributed by atoms with E-state index in [0.29, 0.717) is 19.6 Å². The van der Waals surface area contributed by atoms with Gasteiger partial charge in [0.05, 0.1) is 18.8 Å². The lowest BCUT2D eigenvalue weighted by molar-refractivity contribution is -0.0880. The number of aliphatic hydroxyl groups excluding tert-OH is 1. The fraction of sp³-hybridized carbons (Fsp3) is 0.867. The van der Waals surface area contributed by atoms with Crippen LogP contribution >= 0.6 is 0 Å². The van der Waals surface area contributed by atoms with Crippen LogP contribution in [0.1, 0.15) is 75.2 Å². The molecule has 1 saturated carbocycles. The Balaban J connectivity index is 3.30. The lowest BCUT2D eigenvalue weighted by Gasteiger charge is -2.49. The summed E-state index contributed by atoms with van der Waals surface area (Å²) in [6.45, 7) is 39.8. The maximum Gasteiger partial charge on any atom is 0.193 e. The molecule has 0 unspecified atom stereocenters. The standard InChI is InChI=1S/C30H62O5Si3/c1-23-24(18-19-31)22-25(34-37(13,14)29(5,6)7)27(26(23)35-38(15,16)30(8,9)10)32-20-17-21-33-36(11,12)28(2,3)4/h18,25-27,31H,1,17,19-22H2,2-16H3/b24-18-/t25-,26-,27+/m0/s1. The topological polar surface area (TPSA) is 57.2 Å². The van der Waals surface area contributed by atoms with Crippen molar-refractivity contribution in [3.05, 3.63) is 23.8 Å². The molecule has 0 spiro atoms. The molecule has 5 nitrogen and oxygen atoms in total. The van der Waals surface area contributed by atoms with Gasteiger partial charge in [-0.05, 0) is 72.0 Å². The van der Waals surface area contributed by atoms with E-state index in [2.05, 4.69) is 108 Å². The molecule has 0 aliphatic heterocycles. The van der Waals surface area contributed by atoms with Crippen LogP contribution in [0.5, 0.6) is 0 Å². The van der Waals surface area contributed by atoms with Crippen molar-refractivity contribution < 1.29 is 23.1 Å². The van der Waals surface area contributed by atoms with E-state index in [4.69, 9.17) is 18.0 Å². The largest absolute Gasteiger partial charge is 0.417 e. The van der Waals surface area contributed by atoms with Gasteiger partial charge in [0.1, 0.15) is 6.10 Å². The molecular formula is C30H62O5Si3. The van der Waals surface area contributed by atoms with Gasteiger partial charge in [0.25, 0.3) is 0 Å². The number of rotatable bonds is 11. The molecule has 0 amide bonds. The molecule has 8 heteroatoms. The Bertz CT molecular complexity index is 813. The van der Waals surface area contributed by atoms with Crippen molar-refractivity contribution in [3.8, 4) is 0 Å². The van der Waals surface area contributed by atoms with Crippen LogP contribution in [0, 0.1) is 0 Å². The predicted octanol–water partition coefficient (Wildman–Crippen LogP) is 8.44. The molecule has 1 aliphatic carbocycles.